The molecule has 0 aromatic heterocycles. The molecule has 26 heavy (non-hydrogen) atoms. The zero-order chi connectivity index (χ0) is 19.3. The summed E-state index contributed by atoms with van der Waals surface area (Å²) in [5, 5.41) is 6.00. The van der Waals surface area contributed by atoms with Crippen LogP contribution in [0.4, 0.5) is 5.69 Å². The van der Waals surface area contributed by atoms with Gasteiger partial charge in [-0.1, -0.05) is 29.8 Å². The molecule has 0 atom stereocenters. The van der Waals surface area contributed by atoms with Crippen molar-refractivity contribution in [3.63, 3.8) is 0 Å². The van der Waals surface area contributed by atoms with Crippen LogP contribution in [0.5, 0.6) is 0 Å². The number of benzene rings is 2. The Labute approximate surface area is 157 Å². The van der Waals surface area contributed by atoms with Gasteiger partial charge in [0, 0.05) is 22.8 Å². The topological polar surface area (TPSA) is 75.3 Å². The van der Waals surface area contributed by atoms with Gasteiger partial charge in [0.1, 0.15) is 5.41 Å². The summed E-state index contributed by atoms with van der Waals surface area (Å²) in [5.41, 5.74) is 0.575. The molecule has 2 aromatic carbocycles. The van der Waals surface area contributed by atoms with Gasteiger partial charge in [0.15, 0.2) is 5.78 Å². The third-order valence-corrected chi connectivity index (χ3v) is 4.45. The van der Waals surface area contributed by atoms with Crippen LogP contribution >= 0.6 is 11.6 Å². The predicted molar refractivity (Wildman–Crippen MR) is 102 cm³/mol. The summed E-state index contributed by atoms with van der Waals surface area (Å²) in [5.74, 6) is -0.901. The van der Waals surface area contributed by atoms with Crippen molar-refractivity contribution < 1.29 is 14.4 Å². The second-order valence-corrected chi connectivity index (χ2v) is 6.89. The molecule has 2 amide bonds. The number of carbonyl (C=O) groups excluding carboxylic acids is 3. The highest BCUT2D eigenvalue weighted by Crippen LogP contribution is 2.21. The lowest BCUT2D eigenvalue weighted by Gasteiger charge is -2.23. The van der Waals surface area contributed by atoms with E-state index in [-0.39, 0.29) is 12.3 Å². The number of ketones is 1. The quantitative estimate of drug-likeness (QED) is 0.597. The summed E-state index contributed by atoms with van der Waals surface area (Å²) in [6.45, 7) is 4.81. The Kier molecular flexibility index (Phi) is 6.16. The van der Waals surface area contributed by atoms with Crippen molar-refractivity contribution in [1.82, 2.24) is 5.32 Å². The van der Waals surface area contributed by atoms with Gasteiger partial charge >= 0.3 is 0 Å². The maximum absolute atomic E-state index is 12.5. The summed E-state index contributed by atoms with van der Waals surface area (Å²) in [6.07, 6.45) is 0. The molecule has 5 nitrogen and oxygen atoms in total. The average molecular weight is 373 g/mol. The molecule has 6 heteroatoms. The lowest BCUT2D eigenvalue weighted by molar-refractivity contribution is -0.138. The summed E-state index contributed by atoms with van der Waals surface area (Å²) >= 11 is 6.07. The molecule has 136 valence electrons. The number of hydrogen-bond acceptors (Lipinski definition) is 3. The van der Waals surface area contributed by atoms with Gasteiger partial charge < -0.3 is 10.6 Å². The van der Waals surface area contributed by atoms with E-state index in [1.165, 1.54) is 6.92 Å². The normalized spacial score (nSPS) is 10.9. The summed E-state index contributed by atoms with van der Waals surface area (Å²) in [4.78, 5) is 36.3. The second kappa shape index (κ2) is 8.15. The van der Waals surface area contributed by atoms with Crippen molar-refractivity contribution in [3.8, 4) is 0 Å². The van der Waals surface area contributed by atoms with Crippen molar-refractivity contribution in [1.29, 1.82) is 0 Å². The van der Waals surface area contributed by atoms with Crippen LogP contribution in [-0.4, -0.2) is 17.6 Å². The highest BCUT2D eigenvalue weighted by atomic mass is 35.5. The minimum absolute atomic E-state index is 0.0536. The van der Waals surface area contributed by atoms with E-state index in [0.29, 0.717) is 16.3 Å². The molecule has 0 aliphatic heterocycles. The molecular weight excluding hydrogens is 352 g/mol. The van der Waals surface area contributed by atoms with Crippen molar-refractivity contribution >= 4 is 34.9 Å². The molecule has 0 unspecified atom stereocenters. The Morgan fingerprint density at radius 3 is 2.15 bits per heavy atom. The standard InChI is InChI=1S/C20H21ClN2O3/c1-13(24)14-8-10-16(11-9-14)23-19(26)20(2,3)18(25)22-12-15-6-4-5-7-17(15)21/h4-11H,12H2,1-3H3,(H,22,25)(H,23,26). The van der Waals surface area contributed by atoms with Gasteiger partial charge in [0.2, 0.25) is 11.8 Å². The maximum Gasteiger partial charge on any atom is 0.239 e. The summed E-state index contributed by atoms with van der Waals surface area (Å²) in [6, 6.07) is 13.7. The Hall–Kier alpha value is -2.66. The van der Waals surface area contributed by atoms with Crippen LogP contribution in [0.15, 0.2) is 48.5 Å². The van der Waals surface area contributed by atoms with Crippen LogP contribution in [0.2, 0.25) is 5.02 Å². The SMILES string of the molecule is CC(=O)c1ccc(NC(=O)C(C)(C)C(=O)NCc2ccccc2Cl)cc1. The van der Waals surface area contributed by atoms with Crippen LogP contribution in [0.3, 0.4) is 0 Å². The van der Waals surface area contributed by atoms with Crippen molar-refractivity contribution in [3.05, 3.63) is 64.7 Å². The zero-order valence-corrected chi connectivity index (χ0v) is 15.7. The van der Waals surface area contributed by atoms with Crippen molar-refractivity contribution in [2.75, 3.05) is 5.32 Å². The largest absolute Gasteiger partial charge is 0.351 e. The molecule has 2 rings (SSSR count). The first-order valence-corrected chi connectivity index (χ1v) is 8.54. The minimum atomic E-state index is -1.28. The van der Waals surface area contributed by atoms with Gasteiger partial charge in [-0.2, -0.15) is 0 Å². The van der Waals surface area contributed by atoms with Gasteiger partial charge in [-0.05, 0) is 56.7 Å². The van der Waals surface area contributed by atoms with Gasteiger partial charge in [-0.25, -0.2) is 0 Å². The zero-order valence-electron chi connectivity index (χ0n) is 14.9. The Balaban J connectivity index is 2.00. The number of amides is 2. The number of anilines is 1. The van der Waals surface area contributed by atoms with Crippen LogP contribution in [-0.2, 0) is 16.1 Å². The molecule has 0 radical (unpaired) electrons. The molecular formula is C20H21ClN2O3. The third kappa shape index (κ3) is 4.70. The third-order valence-electron chi connectivity index (χ3n) is 4.08. The number of halogens is 1. The van der Waals surface area contributed by atoms with E-state index in [1.807, 2.05) is 18.2 Å². The number of rotatable bonds is 6. The number of carbonyl (C=O) groups is 3. The molecule has 0 aliphatic rings. The molecule has 0 aliphatic carbocycles. The molecule has 2 N–H and O–H groups in total. The fourth-order valence-electron chi connectivity index (χ4n) is 2.22. The van der Waals surface area contributed by atoms with E-state index in [2.05, 4.69) is 10.6 Å². The van der Waals surface area contributed by atoms with Gasteiger partial charge in [0.25, 0.3) is 0 Å². The minimum Gasteiger partial charge on any atom is -0.351 e. The van der Waals surface area contributed by atoms with Crippen LogP contribution in [0, 0.1) is 5.41 Å². The van der Waals surface area contributed by atoms with Crippen LogP contribution in [0.1, 0.15) is 36.7 Å². The first-order chi connectivity index (χ1) is 12.2. The molecule has 2 aromatic rings. The van der Waals surface area contributed by atoms with Crippen LogP contribution < -0.4 is 10.6 Å². The number of hydrogen-bond donors (Lipinski definition) is 2. The maximum atomic E-state index is 12.5. The van der Waals surface area contributed by atoms with E-state index in [4.69, 9.17) is 11.6 Å². The Morgan fingerprint density at radius 1 is 0.962 bits per heavy atom. The number of nitrogens with one attached hydrogen (secondary N) is 2. The lowest BCUT2D eigenvalue weighted by Crippen LogP contribution is -2.44. The van der Waals surface area contributed by atoms with E-state index in [9.17, 15) is 14.4 Å². The molecule has 0 heterocycles. The van der Waals surface area contributed by atoms with E-state index >= 15 is 0 Å². The van der Waals surface area contributed by atoms with Gasteiger partial charge in [-0.3, -0.25) is 14.4 Å². The van der Waals surface area contributed by atoms with E-state index in [1.54, 1.807) is 44.2 Å². The van der Waals surface area contributed by atoms with Gasteiger partial charge in [-0.15, -0.1) is 0 Å². The lowest BCUT2D eigenvalue weighted by atomic mass is 9.90. The van der Waals surface area contributed by atoms with E-state index in [0.717, 1.165) is 5.56 Å². The van der Waals surface area contributed by atoms with E-state index < -0.39 is 17.2 Å². The Morgan fingerprint density at radius 2 is 1.58 bits per heavy atom. The fourth-order valence-corrected chi connectivity index (χ4v) is 2.42. The first kappa shape index (κ1) is 19.7. The highest BCUT2D eigenvalue weighted by molar-refractivity contribution is 6.31. The molecule has 0 saturated heterocycles. The number of Topliss-reactive ketones (excluding diaryl/α,β-unsaturated/α-hetero) is 1. The van der Waals surface area contributed by atoms with Crippen molar-refractivity contribution in [2.24, 2.45) is 5.41 Å². The molecule has 0 fully saturated rings. The van der Waals surface area contributed by atoms with Crippen LogP contribution in [0.25, 0.3) is 0 Å². The van der Waals surface area contributed by atoms with Crippen molar-refractivity contribution in [2.45, 2.75) is 27.3 Å². The Bertz CT molecular complexity index is 829. The molecule has 0 spiro atoms. The highest BCUT2D eigenvalue weighted by Gasteiger charge is 2.36. The molecule has 0 bridgehead atoms. The monoisotopic (exact) mass is 372 g/mol. The summed E-state index contributed by atoms with van der Waals surface area (Å²) < 4.78 is 0. The average Bonchev–Trinajstić information content (AvgIpc) is 2.61. The summed E-state index contributed by atoms with van der Waals surface area (Å²) in [7, 11) is 0. The smallest absolute Gasteiger partial charge is 0.239 e. The second-order valence-electron chi connectivity index (χ2n) is 6.49. The fraction of sp³-hybridized carbons (Fsp3) is 0.250. The first-order valence-electron chi connectivity index (χ1n) is 8.16. The predicted octanol–water partition coefficient (Wildman–Crippen LogP) is 3.82. The molecule has 0 saturated carbocycles. The van der Waals surface area contributed by atoms with Gasteiger partial charge in [0.05, 0.1) is 0 Å².